The Kier molecular flexibility index (Phi) is 6.41. The standard InChI is InChI=1S/C20H25N5O3/c21-18(26)14-25(20(27)28)13-10-15-8-11-24(12-9-15)19-7-6-17(22-23-19)16-4-2-1-3-5-16/h1-7,15H,8-14H2,(H2,21,26)(H,27,28). The summed E-state index contributed by atoms with van der Waals surface area (Å²) in [5.74, 6) is 0.649. The number of primary amides is 1. The summed E-state index contributed by atoms with van der Waals surface area (Å²) in [5.41, 5.74) is 7.00. The largest absolute Gasteiger partial charge is 0.465 e. The number of carbonyl (C=O) groups is 2. The van der Waals surface area contributed by atoms with Crippen LogP contribution in [0.1, 0.15) is 19.3 Å². The Morgan fingerprint density at radius 2 is 1.82 bits per heavy atom. The summed E-state index contributed by atoms with van der Waals surface area (Å²) in [4.78, 5) is 25.4. The van der Waals surface area contributed by atoms with Crippen molar-refractivity contribution >= 4 is 17.8 Å². The summed E-state index contributed by atoms with van der Waals surface area (Å²) in [7, 11) is 0. The molecule has 1 aliphatic heterocycles. The smallest absolute Gasteiger partial charge is 0.407 e. The predicted octanol–water partition coefficient (Wildman–Crippen LogP) is 2.22. The summed E-state index contributed by atoms with van der Waals surface area (Å²) >= 11 is 0. The van der Waals surface area contributed by atoms with Gasteiger partial charge in [-0.25, -0.2) is 4.79 Å². The molecule has 148 valence electrons. The van der Waals surface area contributed by atoms with Crippen molar-refractivity contribution in [3.05, 3.63) is 42.5 Å². The molecule has 0 radical (unpaired) electrons. The molecule has 3 rings (SSSR count). The lowest BCUT2D eigenvalue weighted by atomic mass is 9.93. The number of hydrogen-bond acceptors (Lipinski definition) is 5. The van der Waals surface area contributed by atoms with Gasteiger partial charge in [0.1, 0.15) is 6.54 Å². The number of amides is 2. The van der Waals surface area contributed by atoms with Crippen LogP contribution in [-0.2, 0) is 4.79 Å². The zero-order chi connectivity index (χ0) is 19.9. The molecule has 2 aromatic rings. The van der Waals surface area contributed by atoms with Crippen molar-refractivity contribution in [2.75, 3.05) is 31.1 Å². The fourth-order valence-corrected chi connectivity index (χ4v) is 3.48. The molecule has 1 saturated heterocycles. The summed E-state index contributed by atoms with van der Waals surface area (Å²) in [5, 5.41) is 17.9. The van der Waals surface area contributed by atoms with Gasteiger partial charge in [-0.3, -0.25) is 9.69 Å². The molecule has 2 heterocycles. The number of nitrogens with two attached hydrogens (primary N) is 1. The van der Waals surface area contributed by atoms with E-state index in [-0.39, 0.29) is 6.54 Å². The lowest BCUT2D eigenvalue weighted by Gasteiger charge is -2.33. The highest BCUT2D eigenvalue weighted by atomic mass is 16.4. The molecule has 8 heteroatoms. The molecule has 0 saturated carbocycles. The van der Waals surface area contributed by atoms with E-state index in [1.54, 1.807) is 0 Å². The van der Waals surface area contributed by atoms with E-state index in [0.717, 1.165) is 54.3 Å². The molecule has 1 fully saturated rings. The van der Waals surface area contributed by atoms with Crippen LogP contribution in [0.2, 0.25) is 0 Å². The van der Waals surface area contributed by atoms with Gasteiger partial charge in [0.05, 0.1) is 5.69 Å². The SMILES string of the molecule is NC(=O)CN(CCC1CCN(c2ccc(-c3ccccc3)nn2)CC1)C(=O)O. The molecule has 2 amide bonds. The maximum absolute atomic E-state index is 11.2. The zero-order valence-corrected chi connectivity index (χ0v) is 15.7. The summed E-state index contributed by atoms with van der Waals surface area (Å²) in [6.45, 7) is 1.78. The van der Waals surface area contributed by atoms with Gasteiger partial charge in [-0.2, -0.15) is 0 Å². The van der Waals surface area contributed by atoms with Crippen LogP contribution in [0, 0.1) is 5.92 Å². The summed E-state index contributed by atoms with van der Waals surface area (Å²) in [6.07, 6.45) is 1.52. The molecule has 0 spiro atoms. The van der Waals surface area contributed by atoms with E-state index in [2.05, 4.69) is 15.1 Å². The summed E-state index contributed by atoms with van der Waals surface area (Å²) in [6, 6.07) is 13.9. The molecule has 1 aromatic heterocycles. The first-order valence-electron chi connectivity index (χ1n) is 9.43. The highest BCUT2D eigenvalue weighted by Crippen LogP contribution is 2.25. The molecule has 0 atom stereocenters. The number of nitrogens with zero attached hydrogens (tertiary/aromatic N) is 4. The number of carboxylic acid groups (broad SMARTS) is 1. The van der Waals surface area contributed by atoms with Crippen LogP contribution < -0.4 is 10.6 Å². The van der Waals surface area contributed by atoms with Gasteiger partial charge in [0, 0.05) is 25.2 Å². The highest BCUT2D eigenvalue weighted by molar-refractivity contribution is 5.80. The molecular formula is C20H25N5O3. The molecule has 0 unspecified atom stereocenters. The second-order valence-corrected chi connectivity index (χ2v) is 7.03. The van der Waals surface area contributed by atoms with Crippen molar-refractivity contribution in [1.82, 2.24) is 15.1 Å². The van der Waals surface area contributed by atoms with E-state index in [1.807, 2.05) is 42.5 Å². The second kappa shape index (κ2) is 9.16. The van der Waals surface area contributed by atoms with Crippen LogP contribution in [0.5, 0.6) is 0 Å². The Hall–Kier alpha value is -3.16. The predicted molar refractivity (Wildman–Crippen MR) is 106 cm³/mol. The van der Waals surface area contributed by atoms with Crippen LogP contribution in [0.3, 0.4) is 0 Å². The topological polar surface area (TPSA) is 113 Å². The van der Waals surface area contributed by atoms with Crippen molar-refractivity contribution < 1.29 is 14.7 Å². The van der Waals surface area contributed by atoms with Crippen LogP contribution in [0.4, 0.5) is 10.6 Å². The third-order valence-corrected chi connectivity index (χ3v) is 5.08. The van der Waals surface area contributed by atoms with E-state index < -0.39 is 12.0 Å². The fraction of sp³-hybridized carbons (Fsp3) is 0.400. The van der Waals surface area contributed by atoms with Crippen molar-refractivity contribution in [2.45, 2.75) is 19.3 Å². The van der Waals surface area contributed by atoms with Gasteiger partial charge < -0.3 is 15.7 Å². The Morgan fingerprint density at radius 1 is 1.11 bits per heavy atom. The molecule has 1 aromatic carbocycles. The number of carbonyl (C=O) groups excluding carboxylic acids is 1. The quantitative estimate of drug-likeness (QED) is 0.758. The molecule has 28 heavy (non-hydrogen) atoms. The van der Waals surface area contributed by atoms with Gasteiger partial charge in [0.25, 0.3) is 0 Å². The van der Waals surface area contributed by atoms with Crippen molar-refractivity contribution in [3.8, 4) is 11.3 Å². The van der Waals surface area contributed by atoms with Crippen LogP contribution >= 0.6 is 0 Å². The van der Waals surface area contributed by atoms with E-state index in [1.165, 1.54) is 0 Å². The monoisotopic (exact) mass is 383 g/mol. The van der Waals surface area contributed by atoms with E-state index in [9.17, 15) is 9.59 Å². The van der Waals surface area contributed by atoms with E-state index >= 15 is 0 Å². The van der Waals surface area contributed by atoms with E-state index in [4.69, 9.17) is 10.8 Å². The van der Waals surface area contributed by atoms with Crippen molar-refractivity contribution in [1.29, 1.82) is 0 Å². The Bertz CT molecular complexity index is 789. The first-order chi connectivity index (χ1) is 13.5. The second-order valence-electron chi connectivity index (χ2n) is 7.03. The number of aromatic nitrogens is 2. The first kappa shape index (κ1) is 19.6. The van der Waals surface area contributed by atoms with Crippen molar-refractivity contribution in [2.24, 2.45) is 11.7 Å². The highest BCUT2D eigenvalue weighted by Gasteiger charge is 2.22. The lowest BCUT2D eigenvalue weighted by Crippen LogP contribution is -2.40. The average molecular weight is 383 g/mol. The number of benzene rings is 1. The normalized spacial score (nSPS) is 14.6. The molecule has 8 nitrogen and oxygen atoms in total. The maximum atomic E-state index is 11.2. The Morgan fingerprint density at radius 3 is 2.39 bits per heavy atom. The van der Waals surface area contributed by atoms with Crippen LogP contribution in [0.25, 0.3) is 11.3 Å². The number of piperidine rings is 1. The summed E-state index contributed by atoms with van der Waals surface area (Å²) < 4.78 is 0. The Labute approximate surface area is 164 Å². The first-order valence-corrected chi connectivity index (χ1v) is 9.43. The average Bonchev–Trinajstić information content (AvgIpc) is 2.72. The fourth-order valence-electron chi connectivity index (χ4n) is 3.48. The van der Waals surface area contributed by atoms with Gasteiger partial charge in [-0.05, 0) is 37.3 Å². The molecule has 0 aliphatic carbocycles. The molecule has 1 aliphatic rings. The molecular weight excluding hydrogens is 358 g/mol. The van der Waals surface area contributed by atoms with Crippen LogP contribution in [-0.4, -0.2) is 58.4 Å². The minimum Gasteiger partial charge on any atom is -0.465 e. The maximum Gasteiger partial charge on any atom is 0.407 e. The number of hydrogen-bond donors (Lipinski definition) is 2. The Balaban J connectivity index is 1.50. The third-order valence-electron chi connectivity index (χ3n) is 5.08. The van der Waals surface area contributed by atoms with Gasteiger partial charge in [-0.1, -0.05) is 30.3 Å². The minimum absolute atomic E-state index is 0.252. The van der Waals surface area contributed by atoms with Gasteiger partial charge in [0.2, 0.25) is 5.91 Å². The van der Waals surface area contributed by atoms with Gasteiger partial charge in [-0.15, -0.1) is 10.2 Å². The number of anilines is 1. The zero-order valence-electron chi connectivity index (χ0n) is 15.7. The van der Waals surface area contributed by atoms with E-state index in [0.29, 0.717) is 12.5 Å². The third kappa shape index (κ3) is 5.18. The lowest BCUT2D eigenvalue weighted by molar-refractivity contribution is -0.118. The number of rotatable bonds is 7. The minimum atomic E-state index is -1.11. The molecule has 3 N–H and O–H groups in total. The van der Waals surface area contributed by atoms with Gasteiger partial charge >= 0.3 is 6.09 Å². The van der Waals surface area contributed by atoms with Gasteiger partial charge in [0.15, 0.2) is 5.82 Å². The van der Waals surface area contributed by atoms with Crippen LogP contribution in [0.15, 0.2) is 42.5 Å². The molecule has 0 bridgehead atoms. The van der Waals surface area contributed by atoms with Crippen molar-refractivity contribution in [3.63, 3.8) is 0 Å².